The summed E-state index contributed by atoms with van der Waals surface area (Å²) >= 11 is 0. The molecule has 0 unspecified atom stereocenters. The molecule has 0 fully saturated rings. The van der Waals surface area contributed by atoms with E-state index in [1.165, 1.54) is 23.8 Å². The van der Waals surface area contributed by atoms with Gasteiger partial charge in [-0.15, -0.1) is 0 Å². The van der Waals surface area contributed by atoms with Crippen LogP contribution >= 0.6 is 0 Å². The zero-order valence-corrected chi connectivity index (χ0v) is 11.4. The average molecular weight is 276 g/mol. The average Bonchev–Trinajstić information content (AvgIpc) is 2.78. The Morgan fingerprint density at radius 3 is 2.60 bits per heavy atom. The van der Waals surface area contributed by atoms with Crippen LogP contribution in [0, 0.1) is 0 Å². The van der Waals surface area contributed by atoms with Gasteiger partial charge in [-0.2, -0.15) is 0 Å². The van der Waals surface area contributed by atoms with Crippen molar-refractivity contribution in [2.24, 2.45) is 0 Å². The smallest absolute Gasteiger partial charge is 0.312 e. The summed E-state index contributed by atoms with van der Waals surface area (Å²) in [7, 11) is 1.54. The van der Waals surface area contributed by atoms with Crippen LogP contribution in [-0.4, -0.2) is 47.9 Å². The van der Waals surface area contributed by atoms with Crippen LogP contribution in [-0.2, 0) is 14.4 Å². The molecule has 2 rings (SSSR count). The topological polar surface area (TPSA) is 77.9 Å². The Bertz CT molecular complexity index is 570. The van der Waals surface area contributed by atoms with Crippen molar-refractivity contribution in [2.45, 2.75) is 12.8 Å². The second kappa shape index (κ2) is 5.32. The molecule has 1 aliphatic rings. The number of hydrogen-bond acceptors (Lipinski definition) is 3. The molecule has 1 heterocycles. The number of carboxylic acids is 1. The number of fused-ring (bicyclic) bond motifs is 1. The van der Waals surface area contributed by atoms with Gasteiger partial charge in [0.1, 0.15) is 5.92 Å². The van der Waals surface area contributed by atoms with Gasteiger partial charge >= 0.3 is 5.97 Å². The lowest BCUT2D eigenvalue weighted by atomic mass is 10.0. The number of carboxylic acid groups (broad SMARTS) is 1. The van der Waals surface area contributed by atoms with Gasteiger partial charge in [0, 0.05) is 26.2 Å². The predicted octanol–water partition coefficient (Wildman–Crippen LogP) is 0.680. The molecular formula is C14H16N2O4. The molecule has 1 atom stereocenters. The summed E-state index contributed by atoms with van der Waals surface area (Å²) in [5.41, 5.74) is 1.25. The lowest BCUT2D eigenvalue weighted by Gasteiger charge is -2.21. The quantitative estimate of drug-likeness (QED) is 0.880. The number of rotatable bonds is 3. The van der Waals surface area contributed by atoms with Gasteiger partial charge in [-0.05, 0) is 11.6 Å². The van der Waals surface area contributed by atoms with Crippen molar-refractivity contribution in [3.8, 4) is 0 Å². The molecule has 6 heteroatoms. The molecule has 0 aliphatic carbocycles. The van der Waals surface area contributed by atoms with Crippen LogP contribution in [0.3, 0.4) is 0 Å². The SMILES string of the molecule is CC(=O)N(C)CC(=O)N1C[C@H](C(=O)O)c2ccccc21. The lowest BCUT2D eigenvalue weighted by Crippen LogP contribution is -2.40. The molecule has 0 aromatic heterocycles. The van der Waals surface area contributed by atoms with E-state index in [4.69, 9.17) is 0 Å². The summed E-state index contributed by atoms with van der Waals surface area (Å²) in [5.74, 6) is -2.15. The lowest BCUT2D eigenvalue weighted by molar-refractivity contribution is -0.138. The highest BCUT2D eigenvalue weighted by Crippen LogP contribution is 2.36. The maximum absolute atomic E-state index is 12.2. The third kappa shape index (κ3) is 2.49. The Morgan fingerprint density at radius 1 is 1.35 bits per heavy atom. The van der Waals surface area contributed by atoms with Gasteiger partial charge in [-0.1, -0.05) is 18.2 Å². The van der Waals surface area contributed by atoms with E-state index in [-0.39, 0.29) is 24.9 Å². The van der Waals surface area contributed by atoms with E-state index in [2.05, 4.69) is 0 Å². The molecule has 2 amide bonds. The molecule has 1 aliphatic heterocycles. The summed E-state index contributed by atoms with van der Waals surface area (Å²) in [4.78, 5) is 37.4. The zero-order valence-electron chi connectivity index (χ0n) is 11.4. The highest BCUT2D eigenvalue weighted by molar-refractivity contribution is 6.00. The van der Waals surface area contributed by atoms with Gasteiger partial charge in [0.15, 0.2) is 0 Å². The molecular weight excluding hydrogens is 260 g/mol. The maximum atomic E-state index is 12.2. The second-order valence-corrected chi connectivity index (χ2v) is 4.83. The Morgan fingerprint density at radius 2 is 2.00 bits per heavy atom. The fraction of sp³-hybridized carbons (Fsp3) is 0.357. The first-order valence-corrected chi connectivity index (χ1v) is 6.25. The van der Waals surface area contributed by atoms with E-state index in [9.17, 15) is 19.5 Å². The maximum Gasteiger partial charge on any atom is 0.312 e. The number of amides is 2. The van der Waals surface area contributed by atoms with Gasteiger partial charge in [-0.3, -0.25) is 14.4 Å². The first kappa shape index (κ1) is 14.0. The summed E-state index contributed by atoms with van der Waals surface area (Å²) in [6, 6.07) is 6.96. The molecule has 0 bridgehead atoms. The van der Waals surface area contributed by atoms with Crippen molar-refractivity contribution < 1.29 is 19.5 Å². The highest BCUT2D eigenvalue weighted by Gasteiger charge is 2.36. The van der Waals surface area contributed by atoms with E-state index in [0.29, 0.717) is 11.3 Å². The minimum atomic E-state index is -0.951. The van der Waals surface area contributed by atoms with Crippen LogP contribution in [0.15, 0.2) is 24.3 Å². The molecule has 0 radical (unpaired) electrons. The van der Waals surface area contributed by atoms with Crippen LogP contribution in [0.4, 0.5) is 5.69 Å². The fourth-order valence-corrected chi connectivity index (χ4v) is 2.25. The Balaban J connectivity index is 2.24. The number of para-hydroxylation sites is 1. The Labute approximate surface area is 116 Å². The van der Waals surface area contributed by atoms with E-state index in [0.717, 1.165) is 0 Å². The number of carbonyl (C=O) groups is 3. The van der Waals surface area contributed by atoms with Crippen LogP contribution in [0.2, 0.25) is 0 Å². The molecule has 20 heavy (non-hydrogen) atoms. The zero-order chi connectivity index (χ0) is 14.9. The number of nitrogens with zero attached hydrogens (tertiary/aromatic N) is 2. The highest BCUT2D eigenvalue weighted by atomic mass is 16.4. The van der Waals surface area contributed by atoms with Crippen LogP contribution in [0.25, 0.3) is 0 Å². The van der Waals surface area contributed by atoms with E-state index < -0.39 is 11.9 Å². The summed E-state index contributed by atoms with van der Waals surface area (Å²) in [5, 5.41) is 9.23. The minimum Gasteiger partial charge on any atom is -0.481 e. The van der Waals surface area contributed by atoms with Gasteiger partial charge in [-0.25, -0.2) is 0 Å². The fourth-order valence-electron chi connectivity index (χ4n) is 2.25. The van der Waals surface area contributed by atoms with Crippen molar-refractivity contribution in [1.82, 2.24) is 4.90 Å². The molecule has 0 saturated carbocycles. The third-order valence-electron chi connectivity index (χ3n) is 3.48. The number of likely N-dealkylation sites (N-methyl/N-ethyl adjacent to an activating group) is 1. The van der Waals surface area contributed by atoms with Crippen molar-refractivity contribution in [1.29, 1.82) is 0 Å². The summed E-state index contributed by atoms with van der Waals surface area (Å²) < 4.78 is 0. The summed E-state index contributed by atoms with van der Waals surface area (Å²) in [6.07, 6.45) is 0. The normalized spacial score (nSPS) is 16.7. The number of anilines is 1. The molecule has 0 saturated heterocycles. The standard InChI is InChI=1S/C14H16N2O4/c1-9(17)15(2)8-13(18)16-7-11(14(19)20)10-5-3-4-6-12(10)16/h3-6,11H,7-8H2,1-2H3,(H,19,20)/t11-/m0/s1. The largest absolute Gasteiger partial charge is 0.481 e. The number of aliphatic carboxylic acids is 1. The first-order chi connectivity index (χ1) is 9.41. The van der Waals surface area contributed by atoms with E-state index >= 15 is 0 Å². The minimum absolute atomic E-state index is 0.0595. The predicted molar refractivity (Wildman–Crippen MR) is 72.5 cm³/mol. The van der Waals surface area contributed by atoms with Crippen molar-refractivity contribution in [3.63, 3.8) is 0 Å². The molecule has 0 spiro atoms. The molecule has 1 aromatic carbocycles. The van der Waals surface area contributed by atoms with Crippen LogP contribution < -0.4 is 4.90 Å². The van der Waals surface area contributed by atoms with Gasteiger partial charge in [0.2, 0.25) is 11.8 Å². The molecule has 6 nitrogen and oxygen atoms in total. The number of hydrogen-bond donors (Lipinski definition) is 1. The number of benzene rings is 1. The monoisotopic (exact) mass is 276 g/mol. The molecule has 1 N–H and O–H groups in total. The van der Waals surface area contributed by atoms with Gasteiger partial charge < -0.3 is 14.9 Å². The molecule has 106 valence electrons. The van der Waals surface area contributed by atoms with E-state index in [1.807, 2.05) is 0 Å². The Hall–Kier alpha value is -2.37. The number of carbonyl (C=O) groups excluding carboxylic acids is 2. The Kier molecular flexibility index (Phi) is 3.74. The van der Waals surface area contributed by atoms with Crippen LogP contribution in [0.1, 0.15) is 18.4 Å². The van der Waals surface area contributed by atoms with Crippen molar-refractivity contribution in [2.75, 3.05) is 25.0 Å². The second-order valence-electron chi connectivity index (χ2n) is 4.83. The first-order valence-electron chi connectivity index (χ1n) is 6.25. The van der Waals surface area contributed by atoms with E-state index in [1.54, 1.807) is 24.3 Å². The summed E-state index contributed by atoms with van der Waals surface area (Å²) in [6.45, 7) is 1.43. The van der Waals surface area contributed by atoms with Crippen molar-refractivity contribution >= 4 is 23.5 Å². The van der Waals surface area contributed by atoms with Crippen LogP contribution in [0.5, 0.6) is 0 Å². The molecule has 1 aromatic rings. The van der Waals surface area contributed by atoms with Crippen molar-refractivity contribution in [3.05, 3.63) is 29.8 Å². The van der Waals surface area contributed by atoms with Gasteiger partial charge in [0.25, 0.3) is 0 Å². The van der Waals surface area contributed by atoms with Gasteiger partial charge in [0.05, 0.1) is 6.54 Å². The third-order valence-corrected chi connectivity index (χ3v) is 3.48.